The predicted octanol–water partition coefficient (Wildman–Crippen LogP) is 1.38. The third-order valence-electron chi connectivity index (χ3n) is 1.80. The zero-order valence-electron chi connectivity index (χ0n) is 9.75. The van der Waals surface area contributed by atoms with Crippen molar-refractivity contribution in [3.8, 4) is 5.88 Å². The van der Waals surface area contributed by atoms with Crippen LogP contribution in [0.3, 0.4) is 0 Å². The van der Waals surface area contributed by atoms with Gasteiger partial charge in [-0.2, -0.15) is 4.98 Å². The van der Waals surface area contributed by atoms with Crippen LogP contribution in [0.2, 0.25) is 0 Å². The van der Waals surface area contributed by atoms with Crippen LogP contribution in [0.5, 0.6) is 5.88 Å². The lowest BCUT2D eigenvalue weighted by Gasteiger charge is -2.08. The minimum absolute atomic E-state index is 0.0546. The summed E-state index contributed by atoms with van der Waals surface area (Å²) in [6.07, 6.45) is 0.113. The van der Waals surface area contributed by atoms with Gasteiger partial charge in [0.25, 0.3) is 5.69 Å². The highest BCUT2D eigenvalue weighted by atomic mass is 16.6. The molecule has 0 aromatic carbocycles. The molecule has 0 spiro atoms. The van der Waals surface area contributed by atoms with Gasteiger partial charge in [-0.1, -0.05) is 0 Å². The molecule has 0 aliphatic carbocycles. The lowest BCUT2D eigenvalue weighted by molar-refractivity contribution is -0.384. The number of anilines is 1. The maximum Gasteiger partial charge on any atom is 0.278 e. The lowest BCUT2D eigenvalue weighted by Crippen LogP contribution is -2.12. The van der Waals surface area contributed by atoms with Crippen LogP contribution >= 0.6 is 0 Å². The number of ether oxygens (including phenoxy) is 2. The molecule has 1 rings (SSSR count). The molecule has 0 radical (unpaired) electrons. The van der Waals surface area contributed by atoms with E-state index in [1.54, 1.807) is 0 Å². The first-order valence-corrected chi connectivity index (χ1v) is 5.15. The van der Waals surface area contributed by atoms with E-state index in [1.165, 1.54) is 12.1 Å². The standard InChI is InChI=1S/C10H15N3O4/c1-7(2)16-3-4-17-10-6-8(13(14)15)5-9(11)12-10/h5-7H,3-4H2,1-2H3,(H2,11,12). The summed E-state index contributed by atoms with van der Waals surface area (Å²) in [6, 6.07) is 2.41. The summed E-state index contributed by atoms with van der Waals surface area (Å²) < 4.78 is 10.5. The molecule has 7 nitrogen and oxygen atoms in total. The lowest BCUT2D eigenvalue weighted by atomic mass is 10.4. The van der Waals surface area contributed by atoms with Crippen molar-refractivity contribution in [1.82, 2.24) is 4.98 Å². The molecule has 0 bridgehead atoms. The molecular formula is C10H15N3O4. The molecule has 94 valence electrons. The number of pyridine rings is 1. The molecule has 2 N–H and O–H groups in total. The van der Waals surface area contributed by atoms with E-state index in [4.69, 9.17) is 15.2 Å². The largest absolute Gasteiger partial charge is 0.475 e. The van der Waals surface area contributed by atoms with Gasteiger partial charge in [-0.3, -0.25) is 10.1 Å². The minimum Gasteiger partial charge on any atom is -0.475 e. The summed E-state index contributed by atoms with van der Waals surface area (Å²) in [5.74, 6) is 0.183. The third kappa shape index (κ3) is 4.64. The molecule has 0 fully saturated rings. The smallest absolute Gasteiger partial charge is 0.278 e. The summed E-state index contributed by atoms with van der Waals surface area (Å²) in [5.41, 5.74) is 5.28. The molecule has 0 saturated heterocycles. The second-order valence-electron chi connectivity index (χ2n) is 3.61. The van der Waals surface area contributed by atoms with E-state index in [1.807, 2.05) is 13.8 Å². The van der Waals surface area contributed by atoms with Crippen molar-refractivity contribution in [1.29, 1.82) is 0 Å². The first-order valence-electron chi connectivity index (χ1n) is 5.15. The van der Waals surface area contributed by atoms with Gasteiger partial charge in [-0.15, -0.1) is 0 Å². The molecule has 0 amide bonds. The van der Waals surface area contributed by atoms with Crippen molar-refractivity contribution in [2.45, 2.75) is 20.0 Å². The van der Waals surface area contributed by atoms with Crippen LogP contribution < -0.4 is 10.5 Å². The van der Waals surface area contributed by atoms with Crippen molar-refractivity contribution in [2.75, 3.05) is 18.9 Å². The normalized spacial score (nSPS) is 10.5. The molecular weight excluding hydrogens is 226 g/mol. The van der Waals surface area contributed by atoms with Crippen molar-refractivity contribution in [3.63, 3.8) is 0 Å². The minimum atomic E-state index is -0.546. The monoisotopic (exact) mass is 241 g/mol. The SMILES string of the molecule is CC(C)OCCOc1cc([N+](=O)[O-])cc(N)n1. The van der Waals surface area contributed by atoms with Crippen LogP contribution in [-0.4, -0.2) is 29.2 Å². The fourth-order valence-electron chi connectivity index (χ4n) is 1.12. The predicted molar refractivity (Wildman–Crippen MR) is 61.9 cm³/mol. The van der Waals surface area contributed by atoms with Gasteiger partial charge in [-0.05, 0) is 13.8 Å². The Balaban J connectivity index is 2.56. The average Bonchev–Trinajstić information content (AvgIpc) is 2.23. The zero-order valence-corrected chi connectivity index (χ0v) is 9.75. The summed E-state index contributed by atoms with van der Waals surface area (Å²) in [6.45, 7) is 4.47. The number of nitrogen functional groups attached to an aromatic ring is 1. The summed E-state index contributed by atoms with van der Waals surface area (Å²) in [5, 5.41) is 10.6. The number of hydrogen-bond acceptors (Lipinski definition) is 6. The van der Waals surface area contributed by atoms with Gasteiger partial charge in [0, 0.05) is 0 Å². The number of rotatable bonds is 6. The highest BCUT2D eigenvalue weighted by molar-refractivity contribution is 5.45. The summed E-state index contributed by atoms with van der Waals surface area (Å²) >= 11 is 0. The van der Waals surface area contributed by atoms with E-state index in [2.05, 4.69) is 4.98 Å². The molecule has 7 heteroatoms. The quantitative estimate of drug-likeness (QED) is 0.458. The van der Waals surface area contributed by atoms with Crippen molar-refractivity contribution in [2.24, 2.45) is 0 Å². The van der Waals surface area contributed by atoms with Crippen LogP contribution in [0.25, 0.3) is 0 Å². The number of aromatic nitrogens is 1. The molecule has 0 aliphatic heterocycles. The van der Waals surface area contributed by atoms with Crippen LogP contribution in [0.4, 0.5) is 11.5 Å². The Hall–Kier alpha value is -1.89. The van der Waals surface area contributed by atoms with Crippen LogP contribution in [0.15, 0.2) is 12.1 Å². The van der Waals surface area contributed by atoms with Gasteiger partial charge >= 0.3 is 0 Å². The Morgan fingerprint density at radius 2 is 2.18 bits per heavy atom. The van der Waals surface area contributed by atoms with Gasteiger partial charge in [0.1, 0.15) is 12.4 Å². The van der Waals surface area contributed by atoms with E-state index in [0.29, 0.717) is 6.61 Å². The molecule has 0 atom stereocenters. The number of nitrogens with zero attached hydrogens (tertiary/aromatic N) is 2. The van der Waals surface area contributed by atoms with Crippen LogP contribution in [-0.2, 0) is 4.74 Å². The average molecular weight is 241 g/mol. The van der Waals surface area contributed by atoms with Crippen molar-refractivity contribution in [3.05, 3.63) is 22.2 Å². The molecule has 1 aromatic rings. The van der Waals surface area contributed by atoms with Gasteiger partial charge in [-0.25, -0.2) is 0 Å². The molecule has 0 saturated carbocycles. The second-order valence-corrected chi connectivity index (χ2v) is 3.61. The van der Waals surface area contributed by atoms with E-state index in [-0.39, 0.29) is 30.1 Å². The number of nitro groups is 1. The van der Waals surface area contributed by atoms with Crippen molar-refractivity contribution < 1.29 is 14.4 Å². The molecule has 17 heavy (non-hydrogen) atoms. The first-order chi connectivity index (χ1) is 7.99. The fraction of sp³-hybridized carbons (Fsp3) is 0.500. The Labute approximate surface area is 98.7 Å². The molecule has 1 heterocycles. The molecule has 0 aliphatic rings. The highest BCUT2D eigenvalue weighted by Gasteiger charge is 2.10. The van der Waals surface area contributed by atoms with E-state index < -0.39 is 4.92 Å². The Kier molecular flexibility index (Phi) is 4.65. The summed E-state index contributed by atoms with van der Waals surface area (Å²) in [7, 11) is 0. The van der Waals surface area contributed by atoms with Gasteiger partial charge in [0.15, 0.2) is 0 Å². The second kappa shape index (κ2) is 6.00. The van der Waals surface area contributed by atoms with E-state index in [0.717, 1.165) is 0 Å². The number of hydrogen-bond donors (Lipinski definition) is 1. The van der Waals surface area contributed by atoms with E-state index in [9.17, 15) is 10.1 Å². The first kappa shape index (κ1) is 13.2. The van der Waals surface area contributed by atoms with Crippen LogP contribution in [0, 0.1) is 10.1 Å². The Morgan fingerprint density at radius 3 is 2.76 bits per heavy atom. The molecule has 0 unspecified atom stereocenters. The number of nitrogens with two attached hydrogens (primary N) is 1. The summed E-state index contributed by atoms with van der Waals surface area (Å²) in [4.78, 5) is 13.8. The van der Waals surface area contributed by atoms with Gasteiger partial charge in [0.05, 0.1) is 29.8 Å². The van der Waals surface area contributed by atoms with E-state index >= 15 is 0 Å². The zero-order chi connectivity index (χ0) is 12.8. The fourth-order valence-corrected chi connectivity index (χ4v) is 1.12. The van der Waals surface area contributed by atoms with Gasteiger partial charge in [0.2, 0.25) is 5.88 Å². The third-order valence-corrected chi connectivity index (χ3v) is 1.80. The molecule has 1 aromatic heterocycles. The van der Waals surface area contributed by atoms with Crippen molar-refractivity contribution >= 4 is 11.5 Å². The Morgan fingerprint density at radius 1 is 1.47 bits per heavy atom. The van der Waals surface area contributed by atoms with Crippen LogP contribution in [0.1, 0.15) is 13.8 Å². The topological polar surface area (TPSA) is 101 Å². The highest BCUT2D eigenvalue weighted by Crippen LogP contribution is 2.20. The van der Waals surface area contributed by atoms with Gasteiger partial charge < -0.3 is 15.2 Å². The maximum absolute atomic E-state index is 10.6. The maximum atomic E-state index is 10.6. The Bertz CT molecular complexity index is 395.